The van der Waals surface area contributed by atoms with Crippen LogP contribution in [0.4, 0.5) is 0 Å². The first kappa shape index (κ1) is 13.9. The van der Waals surface area contributed by atoms with Crippen LogP contribution in [0, 0.1) is 6.92 Å². The second-order valence-corrected chi connectivity index (χ2v) is 4.22. The molecule has 1 aromatic carbocycles. The molecular formula is C15H15NO4. The van der Waals surface area contributed by atoms with Crippen molar-refractivity contribution in [2.45, 2.75) is 13.5 Å². The van der Waals surface area contributed by atoms with Crippen LogP contribution in [0.3, 0.4) is 0 Å². The van der Waals surface area contributed by atoms with Crippen LogP contribution < -0.4 is 9.47 Å². The van der Waals surface area contributed by atoms with Gasteiger partial charge in [-0.2, -0.15) is 0 Å². The first-order valence-corrected chi connectivity index (χ1v) is 6.06. The number of carboxylic acids is 1. The Morgan fingerprint density at radius 2 is 2.10 bits per heavy atom. The number of aromatic nitrogens is 1. The van der Waals surface area contributed by atoms with Crippen molar-refractivity contribution < 1.29 is 19.4 Å². The zero-order chi connectivity index (χ0) is 14.5. The van der Waals surface area contributed by atoms with Gasteiger partial charge in [-0.25, -0.2) is 4.79 Å². The molecule has 0 aliphatic heterocycles. The summed E-state index contributed by atoms with van der Waals surface area (Å²) in [6.07, 6.45) is 1.70. The highest BCUT2D eigenvalue weighted by molar-refractivity contribution is 5.90. The van der Waals surface area contributed by atoms with E-state index in [4.69, 9.17) is 14.6 Å². The lowest BCUT2D eigenvalue weighted by Gasteiger charge is -2.10. The van der Waals surface area contributed by atoms with Crippen molar-refractivity contribution in [1.82, 2.24) is 4.98 Å². The van der Waals surface area contributed by atoms with Gasteiger partial charge in [-0.3, -0.25) is 4.98 Å². The van der Waals surface area contributed by atoms with Gasteiger partial charge < -0.3 is 14.6 Å². The van der Waals surface area contributed by atoms with Gasteiger partial charge in [-0.15, -0.1) is 0 Å². The largest absolute Gasteiger partial charge is 0.496 e. The molecule has 0 unspecified atom stereocenters. The molecule has 1 aromatic heterocycles. The molecule has 2 aromatic rings. The number of hydrogen-bond donors (Lipinski definition) is 1. The van der Waals surface area contributed by atoms with E-state index in [2.05, 4.69) is 4.98 Å². The summed E-state index contributed by atoms with van der Waals surface area (Å²) in [5.74, 6) is 0.00714. The minimum atomic E-state index is -1.02. The number of carboxylic acid groups (broad SMARTS) is 1. The number of aryl methyl sites for hydroxylation is 1. The quantitative estimate of drug-likeness (QED) is 0.907. The smallest absolute Gasteiger partial charge is 0.339 e. The summed E-state index contributed by atoms with van der Waals surface area (Å²) in [5.41, 5.74) is 1.77. The van der Waals surface area contributed by atoms with Crippen molar-refractivity contribution in [3.05, 3.63) is 53.3 Å². The Morgan fingerprint density at radius 1 is 1.30 bits per heavy atom. The van der Waals surface area contributed by atoms with Gasteiger partial charge in [-0.1, -0.05) is 6.07 Å². The average Bonchev–Trinajstić information content (AvgIpc) is 2.46. The predicted octanol–water partition coefficient (Wildman–Crippen LogP) is 2.68. The van der Waals surface area contributed by atoms with E-state index < -0.39 is 5.97 Å². The Morgan fingerprint density at radius 3 is 2.75 bits per heavy atom. The zero-order valence-corrected chi connectivity index (χ0v) is 11.3. The van der Waals surface area contributed by atoms with Crippen LogP contribution in [0.15, 0.2) is 36.5 Å². The Balaban J connectivity index is 2.15. The molecule has 0 radical (unpaired) electrons. The van der Waals surface area contributed by atoms with Crippen LogP contribution in [0.2, 0.25) is 0 Å². The first-order valence-electron chi connectivity index (χ1n) is 6.06. The molecular weight excluding hydrogens is 258 g/mol. The lowest BCUT2D eigenvalue weighted by molar-refractivity contribution is 0.0693. The highest BCUT2D eigenvalue weighted by Gasteiger charge is 2.11. The van der Waals surface area contributed by atoms with Gasteiger partial charge in [0, 0.05) is 6.20 Å². The fourth-order valence-corrected chi connectivity index (χ4v) is 1.79. The molecule has 1 N–H and O–H groups in total. The van der Waals surface area contributed by atoms with E-state index in [9.17, 15) is 4.79 Å². The van der Waals surface area contributed by atoms with Gasteiger partial charge in [0.05, 0.1) is 12.8 Å². The molecule has 0 aliphatic carbocycles. The van der Waals surface area contributed by atoms with Crippen LogP contribution in [-0.4, -0.2) is 23.2 Å². The highest BCUT2D eigenvalue weighted by atomic mass is 16.5. The van der Waals surface area contributed by atoms with Crippen LogP contribution in [0.5, 0.6) is 11.5 Å². The monoisotopic (exact) mass is 273 g/mol. The number of hydrogen-bond acceptors (Lipinski definition) is 4. The second kappa shape index (κ2) is 6.06. The van der Waals surface area contributed by atoms with Crippen molar-refractivity contribution in [3.63, 3.8) is 0 Å². The Hall–Kier alpha value is -2.56. The molecule has 0 saturated carbocycles. The van der Waals surface area contributed by atoms with Crippen molar-refractivity contribution in [2.75, 3.05) is 7.11 Å². The maximum absolute atomic E-state index is 11.0. The van der Waals surface area contributed by atoms with E-state index in [1.165, 1.54) is 13.2 Å². The number of benzene rings is 1. The molecule has 104 valence electrons. The topological polar surface area (TPSA) is 68.7 Å². The standard InChI is InChI=1S/C15H15NO4/c1-10-13(4-3-7-16-10)20-9-11-5-6-12(15(17)18)14(8-11)19-2/h3-8H,9H2,1-2H3,(H,17,18). The van der Waals surface area contributed by atoms with E-state index in [0.29, 0.717) is 18.1 Å². The van der Waals surface area contributed by atoms with E-state index in [-0.39, 0.29) is 5.56 Å². The third kappa shape index (κ3) is 3.06. The third-order valence-electron chi connectivity index (χ3n) is 2.85. The van der Waals surface area contributed by atoms with Gasteiger partial charge in [0.1, 0.15) is 23.7 Å². The maximum atomic E-state index is 11.0. The third-order valence-corrected chi connectivity index (χ3v) is 2.85. The van der Waals surface area contributed by atoms with Gasteiger partial charge in [0.2, 0.25) is 0 Å². The van der Waals surface area contributed by atoms with Crippen molar-refractivity contribution in [3.8, 4) is 11.5 Å². The minimum absolute atomic E-state index is 0.133. The first-order chi connectivity index (χ1) is 9.61. The summed E-state index contributed by atoms with van der Waals surface area (Å²) < 4.78 is 10.7. The van der Waals surface area contributed by atoms with Crippen molar-refractivity contribution >= 4 is 5.97 Å². The van der Waals surface area contributed by atoms with E-state index >= 15 is 0 Å². The summed E-state index contributed by atoms with van der Waals surface area (Å²) in [6.45, 7) is 2.19. The fourth-order valence-electron chi connectivity index (χ4n) is 1.79. The number of carbonyl (C=O) groups is 1. The molecule has 0 aliphatic rings. The van der Waals surface area contributed by atoms with Gasteiger partial charge >= 0.3 is 5.97 Å². The van der Waals surface area contributed by atoms with Crippen molar-refractivity contribution in [1.29, 1.82) is 0 Å². The molecule has 0 saturated heterocycles. The summed E-state index contributed by atoms with van der Waals surface area (Å²) in [5, 5.41) is 9.01. The molecule has 2 rings (SSSR count). The molecule has 0 amide bonds. The molecule has 0 atom stereocenters. The van der Waals surface area contributed by atoms with Crippen LogP contribution >= 0.6 is 0 Å². The molecule has 20 heavy (non-hydrogen) atoms. The second-order valence-electron chi connectivity index (χ2n) is 4.22. The van der Waals surface area contributed by atoms with Crippen molar-refractivity contribution in [2.24, 2.45) is 0 Å². The lowest BCUT2D eigenvalue weighted by atomic mass is 10.1. The van der Waals surface area contributed by atoms with Gasteiger partial charge in [0.25, 0.3) is 0 Å². The molecule has 0 fully saturated rings. The SMILES string of the molecule is COc1cc(COc2cccnc2C)ccc1C(=O)O. The zero-order valence-electron chi connectivity index (χ0n) is 11.3. The number of ether oxygens (including phenoxy) is 2. The average molecular weight is 273 g/mol. The van der Waals surface area contributed by atoms with E-state index in [1.807, 2.05) is 13.0 Å². The summed E-state index contributed by atoms with van der Waals surface area (Å²) in [6, 6.07) is 8.52. The summed E-state index contributed by atoms with van der Waals surface area (Å²) >= 11 is 0. The fraction of sp³-hybridized carbons (Fsp3) is 0.200. The number of nitrogens with zero attached hydrogens (tertiary/aromatic N) is 1. The van der Waals surface area contributed by atoms with Gasteiger partial charge in [-0.05, 0) is 36.8 Å². The lowest BCUT2D eigenvalue weighted by Crippen LogP contribution is -2.03. The molecule has 0 spiro atoms. The minimum Gasteiger partial charge on any atom is -0.496 e. The van der Waals surface area contributed by atoms with Crippen LogP contribution in [0.25, 0.3) is 0 Å². The molecule has 5 nitrogen and oxygen atoms in total. The summed E-state index contributed by atoms with van der Waals surface area (Å²) in [4.78, 5) is 15.1. The normalized spacial score (nSPS) is 10.1. The molecule has 0 bridgehead atoms. The predicted molar refractivity (Wildman–Crippen MR) is 73.3 cm³/mol. The summed E-state index contributed by atoms with van der Waals surface area (Å²) in [7, 11) is 1.44. The van der Waals surface area contributed by atoms with Gasteiger partial charge in [0.15, 0.2) is 0 Å². The number of rotatable bonds is 5. The Labute approximate surface area is 116 Å². The number of pyridine rings is 1. The number of methoxy groups -OCH3 is 1. The molecule has 5 heteroatoms. The Bertz CT molecular complexity index is 625. The van der Waals surface area contributed by atoms with Crippen LogP contribution in [0.1, 0.15) is 21.6 Å². The Kier molecular flexibility index (Phi) is 4.20. The maximum Gasteiger partial charge on any atom is 0.339 e. The van der Waals surface area contributed by atoms with E-state index in [0.717, 1.165) is 11.3 Å². The highest BCUT2D eigenvalue weighted by Crippen LogP contribution is 2.22. The molecule has 1 heterocycles. The van der Waals surface area contributed by atoms with E-state index in [1.54, 1.807) is 24.4 Å². The van der Waals surface area contributed by atoms with Crippen LogP contribution in [-0.2, 0) is 6.61 Å². The number of aromatic carboxylic acids is 1.